The molecule has 22 heavy (non-hydrogen) atoms. The van der Waals surface area contributed by atoms with Gasteiger partial charge < -0.3 is 15.8 Å². The highest BCUT2D eigenvalue weighted by Gasteiger charge is 2.30. The van der Waals surface area contributed by atoms with Crippen molar-refractivity contribution in [1.82, 2.24) is 5.32 Å². The van der Waals surface area contributed by atoms with Gasteiger partial charge >= 0.3 is 0 Å². The van der Waals surface area contributed by atoms with Crippen molar-refractivity contribution in [1.29, 1.82) is 0 Å². The fraction of sp³-hybridized carbons (Fsp3) is 0.588. The van der Waals surface area contributed by atoms with Crippen LogP contribution in [0.4, 0.5) is 0 Å². The Morgan fingerprint density at radius 1 is 1.32 bits per heavy atom. The predicted molar refractivity (Wildman–Crippen MR) is 91.2 cm³/mol. The maximum atomic E-state index is 12.2. The first-order valence-electron chi connectivity index (χ1n) is 7.80. The molecule has 1 unspecified atom stereocenters. The van der Waals surface area contributed by atoms with Crippen LogP contribution in [0.1, 0.15) is 38.2 Å². The maximum absolute atomic E-state index is 12.2. The molecular formula is C17H27ClN2O2. The zero-order chi connectivity index (χ0) is 15.2. The molecule has 1 amide bonds. The lowest BCUT2D eigenvalue weighted by Crippen LogP contribution is -2.38. The minimum atomic E-state index is -0.331. The first-order valence-corrected chi connectivity index (χ1v) is 7.80. The minimum Gasteiger partial charge on any atom is -0.364 e. The molecule has 0 aromatic heterocycles. The van der Waals surface area contributed by atoms with Crippen molar-refractivity contribution in [3.63, 3.8) is 0 Å². The predicted octanol–water partition coefficient (Wildman–Crippen LogP) is 2.47. The number of rotatable bonds is 6. The van der Waals surface area contributed by atoms with Crippen LogP contribution in [0.5, 0.6) is 0 Å². The van der Waals surface area contributed by atoms with Crippen molar-refractivity contribution in [3.8, 4) is 0 Å². The number of carbonyl (C=O) groups is 1. The lowest BCUT2D eigenvalue weighted by atomic mass is 9.88. The molecule has 3 atom stereocenters. The standard InChI is InChI=1S/C17H26N2O2.ClH/c1-12(2)15(13-6-4-3-5-7-13)11-19-17(20)16-9-8-14(10-18)21-16;/h3-7,12,14-16H,8-11,18H2,1-2H3,(H,19,20);1H/t14-,15?,16+;/m1./s1. The Labute approximate surface area is 139 Å². The van der Waals surface area contributed by atoms with E-state index in [2.05, 4.69) is 31.3 Å². The van der Waals surface area contributed by atoms with E-state index in [-0.39, 0.29) is 30.5 Å². The summed E-state index contributed by atoms with van der Waals surface area (Å²) in [4.78, 5) is 12.2. The fourth-order valence-electron chi connectivity index (χ4n) is 2.84. The van der Waals surface area contributed by atoms with Gasteiger partial charge in [-0.3, -0.25) is 4.79 Å². The number of nitrogens with one attached hydrogen (secondary N) is 1. The highest BCUT2D eigenvalue weighted by molar-refractivity contribution is 5.85. The van der Waals surface area contributed by atoms with E-state index in [9.17, 15) is 4.79 Å². The number of ether oxygens (including phenoxy) is 1. The average Bonchev–Trinajstić information content (AvgIpc) is 2.97. The highest BCUT2D eigenvalue weighted by Crippen LogP contribution is 2.24. The number of amides is 1. The Morgan fingerprint density at radius 3 is 2.55 bits per heavy atom. The molecule has 2 rings (SSSR count). The third-order valence-corrected chi connectivity index (χ3v) is 4.19. The Morgan fingerprint density at radius 2 is 2.00 bits per heavy atom. The van der Waals surface area contributed by atoms with Crippen molar-refractivity contribution >= 4 is 18.3 Å². The van der Waals surface area contributed by atoms with Crippen LogP contribution in [0, 0.1) is 5.92 Å². The quantitative estimate of drug-likeness (QED) is 0.844. The van der Waals surface area contributed by atoms with Crippen molar-refractivity contribution in [2.24, 2.45) is 11.7 Å². The molecule has 1 aliphatic rings. The molecule has 0 spiro atoms. The number of benzene rings is 1. The van der Waals surface area contributed by atoms with Gasteiger partial charge in [0, 0.05) is 19.0 Å². The topological polar surface area (TPSA) is 64.4 Å². The molecule has 5 heteroatoms. The van der Waals surface area contributed by atoms with Gasteiger partial charge in [0.2, 0.25) is 5.91 Å². The lowest BCUT2D eigenvalue weighted by molar-refractivity contribution is -0.131. The largest absolute Gasteiger partial charge is 0.364 e. The zero-order valence-corrected chi connectivity index (χ0v) is 14.1. The molecule has 0 aliphatic carbocycles. The maximum Gasteiger partial charge on any atom is 0.249 e. The molecule has 1 aliphatic heterocycles. The van der Waals surface area contributed by atoms with E-state index >= 15 is 0 Å². The van der Waals surface area contributed by atoms with Crippen LogP contribution < -0.4 is 11.1 Å². The van der Waals surface area contributed by atoms with Gasteiger partial charge in [-0.15, -0.1) is 12.4 Å². The monoisotopic (exact) mass is 326 g/mol. The highest BCUT2D eigenvalue weighted by atomic mass is 35.5. The number of hydrogen-bond acceptors (Lipinski definition) is 3. The van der Waals surface area contributed by atoms with E-state index < -0.39 is 0 Å². The van der Waals surface area contributed by atoms with Crippen LogP contribution in [-0.2, 0) is 9.53 Å². The zero-order valence-electron chi connectivity index (χ0n) is 13.3. The Balaban J connectivity index is 0.00000242. The molecule has 124 valence electrons. The molecular weight excluding hydrogens is 300 g/mol. The van der Waals surface area contributed by atoms with Gasteiger partial charge in [-0.25, -0.2) is 0 Å². The normalized spacial score (nSPS) is 22.2. The van der Waals surface area contributed by atoms with E-state index in [1.54, 1.807) is 0 Å². The van der Waals surface area contributed by atoms with E-state index in [0.717, 1.165) is 12.8 Å². The van der Waals surface area contributed by atoms with Gasteiger partial charge in [0.25, 0.3) is 0 Å². The third kappa shape index (κ3) is 4.97. The van der Waals surface area contributed by atoms with Gasteiger partial charge in [0.15, 0.2) is 0 Å². The smallest absolute Gasteiger partial charge is 0.249 e. The van der Waals surface area contributed by atoms with Crippen molar-refractivity contribution in [2.75, 3.05) is 13.1 Å². The van der Waals surface area contributed by atoms with Crippen molar-refractivity contribution in [3.05, 3.63) is 35.9 Å². The van der Waals surface area contributed by atoms with Crippen LogP contribution in [0.2, 0.25) is 0 Å². The Kier molecular flexibility index (Phi) is 7.87. The number of hydrogen-bond donors (Lipinski definition) is 2. The van der Waals surface area contributed by atoms with E-state index in [4.69, 9.17) is 10.5 Å². The lowest BCUT2D eigenvalue weighted by Gasteiger charge is -2.23. The summed E-state index contributed by atoms with van der Waals surface area (Å²) in [5.74, 6) is 0.781. The summed E-state index contributed by atoms with van der Waals surface area (Å²) < 4.78 is 5.63. The molecule has 1 saturated heterocycles. The van der Waals surface area contributed by atoms with Crippen LogP contribution in [-0.4, -0.2) is 31.2 Å². The second-order valence-corrected chi connectivity index (χ2v) is 6.07. The molecule has 1 heterocycles. The second-order valence-electron chi connectivity index (χ2n) is 6.07. The third-order valence-electron chi connectivity index (χ3n) is 4.19. The van der Waals surface area contributed by atoms with Crippen LogP contribution in [0.3, 0.4) is 0 Å². The summed E-state index contributed by atoms with van der Waals surface area (Å²) >= 11 is 0. The number of halogens is 1. The van der Waals surface area contributed by atoms with Gasteiger partial charge in [-0.1, -0.05) is 44.2 Å². The number of nitrogens with two attached hydrogens (primary N) is 1. The van der Waals surface area contributed by atoms with Crippen LogP contribution >= 0.6 is 12.4 Å². The van der Waals surface area contributed by atoms with Gasteiger partial charge in [-0.05, 0) is 24.3 Å². The fourth-order valence-corrected chi connectivity index (χ4v) is 2.84. The summed E-state index contributed by atoms with van der Waals surface area (Å²) in [6, 6.07) is 10.3. The summed E-state index contributed by atoms with van der Waals surface area (Å²) in [5, 5.41) is 3.04. The molecule has 1 aromatic carbocycles. The molecule has 0 saturated carbocycles. The molecule has 1 fully saturated rings. The molecule has 0 bridgehead atoms. The second kappa shape index (κ2) is 9.13. The summed E-state index contributed by atoms with van der Waals surface area (Å²) in [5.41, 5.74) is 6.84. The molecule has 3 N–H and O–H groups in total. The first-order chi connectivity index (χ1) is 10.1. The average molecular weight is 327 g/mol. The first kappa shape index (κ1) is 18.9. The Hall–Kier alpha value is -1.10. The minimum absolute atomic E-state index is 0. The van der Waals surface area contributed by atoms with Crippen LogP contribution in [0.15, 0.2) is 30.3 Å². The summed E-state index contributed by atoms with van der Waals surface area (Å²) in [7, 11) is 0. The SMILES string of the molecule is CC(C)C(CNC(=O)[C@@H]1CC[C@H](CN)O1)c1ccccc1.Cl. The van der Waals surface area contributed by atoms with E-state index in [1.165, 1.54) is 5.56 Å². The number of carbonyl (C=O) groups excluding carboxylic acids is 1. The van der Waals surface area contributed by atoms with Crippen molar-refractivity contribution < 1.29 is 9.53 Å². The van der Waals surface area contributed by atoms with E-state index in [0.29, 0.717) is 24.9 Å². The summed E-state index contributed by atoms with van der Waals surface area (Å²) in [6.45, 7) is 5.50. The molecule has 0 radical (unpaired) electrons. The van der Waals surface area contributed by atoms with E-state index in [1.807, 2.05) is 18.2 Å². The van der Waals surface area contributed by atoms with Crippen LogP contribution in [0.25, 0.3) is 0 Å². The summed E-state index contributed by atoms with van der Waals surface area (Å²) in [6.07, 6.45) is 1.35. The van der Waals surface area contributed by atoms with Gasteiger partial charge in [0.05, 0.1) is 6.10 Å². The Bertz CT molecular complexity index is 453. The molecule has 4 nitrogen and oxygen atoms in total. The molecule has 1 aromatic rings. The van der Waals surface area contributed by atoms with Gasteiger partial charge in [0.1, 0.15) is 6.10 Å². The van der Waals surface area contributed by atoms with Gasteiger partial charge in [-0.2, -0.15) is 0 Å². The van der Waals surface area contributed by atoms with Crippen molar-refractivity contribution in [2.45, 2.75) is 44.8 Å².